The summed E-state index contributed by atoms with van der Waals surface area (Å²) in [7, 11) is 0. The molecular weight excluding hydrogens is 422 g/mol. The van der Waals surface area contributed by atoms with Gasteiger partial charge in [-0.3, -0.25) is 14.3 Å². The molecule has 3 amide bonds. The molecule has 0 radical (unpaired) electrons. The van der Waals surface area contributed by atoms with Crippen molar-refractivity contribution >= 4 is 35.3 Å². The third kappa shape index (κ3) is 4.49. The number of nitrogens with one attached hydrogen (secondary N) is 1. The lowest BCUT2D eigenvalue weighted by Crippen LogP contribution is -2.32. The number of amides is 3. The number of hydrogen-bond donors (Lipinski definition) is 1. The highest BCUT2D eigenvalue weighted by Crippen LogP contribution is 2.30. The molecule has 0 bridgehead atoms. The van der Waals surface area contributed by atoms with Gasteiger partial charge in [0.15, 0.2) is 11.0 Å². The molecule has 30 heavy (non-hydrogen) atoms. The van der Waals surface area contributed by atoms with Gasteiger partial charge >= 0.3 is 6.03 Å². The van der Waals surface area contributed by atoms with E-state index in [4.69, 9.17) is 11.6 Å². The molecule has 9 heteroatoms. The van der Waals surface area contributed by atoms with Crippen molar-refractivity contribution in [2.75, 3.05) is 18.8 Å². The Morgan fingerprint density at radius 1 is 1.03 bits per heavy atom. The van der Waals surface area contributed by atoms with Gasteiger partial charge in [0, 0.05) is 17.9 Å². The zero-order valence-electron chi connectivity index (χ0n) is 16.1. The van der Waals surface area contributed by atoms with E-state index < -0.39 is 0 Å². The number of carbonyl (C=O) groups is 2. The number of nitrogens with zero attached hydrogens (tertiary/aromatic N) is 4. The Bertz CT molecular complexity index is 1040. The first-order chi connectivity index (χ1) is 14.6. The van der Waals surface area contributed by atoms with E-state index in [1.54, 1.807) is 11.8 Å². The first-order valence-corrected chi connectivity index (χ1v) is 10.9. The van der Waals surface area contributed by atoms with E-state index in [1.807, 2.05) is 42.5 Å². The molecule has 1 aliphatic heterocycles. The Kier molecular flexibility index (Phi) is 6.35. The normalized spacial score (nSPS) is 13.7. The molecule has 0 atom stereocenters. The minimum absolute atomic E-state index is 0.0819. The molecule has 0 aliphatic carbocycles. The summed E-state index contributed by atoms with van der Waals surface area (Å²) in [5.41, 5.74) is 1.96. The third-order valence-corrected chi connectivity index (χ3v) is 6.09. The van der Waals surface area contributed by atoms with Crippen molar-refractivity contribution in [2.45, 2.75) is 18.1 Å². The number of thioether (sulfide) groups is 1. The van der Waals surface area contributed by atoms with Crippen LogP contribution in [0.1, 0.15) is 12.0 Å². The van der Waals surface area contributed by atoms with Gasteiger partial charge in [0.1, 0.15) is 0 Å². The van der Waals surface area contributed by atoms with Crippen LogP contribution < -0.4 is 5.32 Å². The summed E-state index contributed by atoms with van der Waals surface area (Å²) < 4.78 is 2.05. The third-order valence-electron chi connectivity index (χ3n) is 4.71. The minimum atomic E-state index is -0.321. The number of rotatable bonds is 8. The van der Waals surface area contributed by atoms with E-state index >= 15 is 0 Å². The molecule has 1 aliphatic rings. The lowest BCUT2D eigenvalue weighted by Gasteiger charge is -2.13. The Labute approximate surface area is 183 Å². The maximum Gasteiger partial charge on any atom is 0.324 e. The van der Waals surface area contributed by atoms with Crippen LogP contribution in [0.4, 0.5) is 4.79 Å². The number of halogens is 1. The molecule has 2 aromatic carbocycles. The van der Waals surface area contributed by atoms with E-state index in [0.29, 0.717) is 36.1 Å². The van der Waals surface area contributed by atoms with Gasteiger partial charge in [0.2, 0.25) is 5.91 Å². The van der Waals surface area contributed by atoms with Crippen LogP contribution in [-0.2, 0) is 11.3 Å². The lowest BCUT2D eigenvalue weighted by molar-refractivity contribution is -0.124. The summed E-state index contributed by atoms with van der Waals surface area (Å²) >= 11 is 7.96. The van der Waals surface area contributed by atoms with Gasteiger partial charge in [-0.25, -0.2) is 4.79 Å². The minimum Gasteiger partial charge on any atom is -0.329 e. The molecule has 0 spiro atoms. The van der Waals surface area contributed by atoms with E-state index in [9.17, 15) is 9.59 Å². The quantitative estimate of drug-likeness (QED) is 0.327. The fourth-order valence-electron chi connectivity index (χ4n) is 3.21. The zero-order chi connectivity index (χ0) is 20.9. The van der Waals surface area contributed by atoms with E-state index in [1.165, 1.54) is 4.90 Å². The van der Waals surface area contributed by atoms with Crippen LogP contribution in [0.15, 0.2) is 59.8 Å². The maximum absolute atomic E-state index is 11.7. The summed E-state index contributed by atoms with van der Waals surface area (Å²) in [6.07, 6.45) is 0.670. The molecule has 1 aromatic heterocycles. The molecular formula is C21H20ClN5O2S. The Morgan fingerprint density at radius 2 is 1.80 bits per heavy atom. The van der Waals surface area contributed by atoms with Crippen LogP contribution in [0.5, 0.6) is 0 Å². The Balaban J connectivity index is 1.51. The second-order valence-corrected chi connectivity index (χ2v) is 8.23. The Morgan fingerprint density at radius 3 is 2.53 bits per heavy atom. The first-order valence-electron chi connectivity index (χ1n) is 9.56. The summed E-state index contributed by atoms with van der Waals surface area (Å²) in [5.74, 6) is 1.23. The van der Waals surface area contributed by atoms with Crippen molar-refractivity contribution in [2.24, 2.45) is 0 Å². The van der Waals surface area contributed by atoms with Crippen molar-refractivity contribution in [3.05, 3.63) is 65.2 Å². The van der Waals surface area contributed by atoms with Gasteiger partial charge in [-0.05, 0) is 24.1 Å². The molecule has 4 rings (SSSR count). The average Bonchev–Trinajstić information content (AvgIpc) is 3.29. The first kappa shape index (κ1) is 20.4. The van der Waals surface area contributed by atoms with Gasteiger partial charge < -0.3 is 5.32 Å². The van der Waals surface area contributed by atoms with Crippen LogP contribution in [0, 0.1) is 0 Å². The highest BCUT2D eigenvalue weighted by molar-refractivity contribution is 7.99. The lowest BCUT2D eigenvalue weighted by atomic mass is 10.2. The number of hydrogen-bond acceptors (Lipinski definition) is 5. The predicted molar refractivity (Wildman–Crippen MR) is 116 cm³/mol. The van der Waals surface area contributed by atoms with Crippen molar-refractivity contribution in [3.8, 4) is 11.4 Å². The molecule has 0 unspecified atom stereocenters. The molecule has 7 nitrogen and oxygen atoms in total. The highest BCUT2D eigenvalue weighted by Gasteiger charge is 2.27. The number of benzene rings is 2. The molecule has 1 N–H and O–H groups in total. The van der Waals surface area contributed by atoms with E-state index in [2.05, 4.69) is 32.2 Å². The number of urea groups is 1. The van der Waals surface area contributed by atoms with Crippen LogP contribution >= 0.6 is 23.4 Å². The molecule has 1 fully saturated rings. The topological polar surface area (TPSA) is 80.1 Å². The van der Waals surface area contributed by atoms with Crippen LogP contribution in [0.3, 0.4) is 0 Å². The van der Waals surface area contributed by atoms with Gasteiger partial charge in [-0.2, -0.15) is 0 Å². The van der Waals surface area contributed by atoms with Crippen molar-refractivity contribution in [1.82, 2.24) is 25.0 Å². The second kappa shape index (κ2) is 9.32. The van der Waals surface area contributed by atoms with Gasteiger partial charge in [0.25, 0.3) is 0 Å². The number of carbonyl (C=O) groups excluding carboxylic acids is 2. The summed E-state index contributed by atoms with van der Waals surface area (Å²) in [6, 6.07) is 17.4. The smallest absolute Gasteiger partial charge is 0.324 e. The van der Waals surface area contributed by atoms with Gasteiger partial charge in [-0.15, -0.1) is 10.2 Å². The largest absolute Gasteiger partial charge is 0.329 e. The summed E-state index contributed by atoms with van der Waals surface area (Å²) in [4.78, 5) is 24.6. The van der Waals surface area contributed by atoms with E-state index in [-0.39, 0.29) is 18.5 Å². The Hall–Kier alpha value is -2.84. The fraction of sp³-hybridized carbons (Fsp3) is 0.238. The summed E-state index contributed by atoms with van der Waals surface area (Å²) in [5, 5.41) is 12.7. The standard InChI is InChI=1S/C21H20ClN5O2S/c22-17-10-5-4-9-16(17)19-24-25-21(27(19)14-15-7-2-1-3-8-15)30-12-6-11-26-18(28)13-23-20(26)29/h1-5,7-10H,6,11-14H2,(H,23,29). The maximum atomic E-state index is 11.7. The molecule has 3 aromatic rings. The molecule has 154 valence electrons. The van der Waals surface area contributed by atoms with Crippen LogP contribution in [-0.4, -0.2) is 50.4 Å². The van der Waals surface area contributed by atoms with Crippen molar-refractivity contribution in [1.29, 1.82) is 0 Å². The molecule has 2 heterocycles. The molecule has 0 saturated carbocycles. The summed E-state index contributed by atoms with van der Waals surface area (Å²) in [6.45, 7) is 1.09. The average molecular weight is 442 g/mol. The number of aromatic nitrogens is 3. The van der Waals surface area contributed by atoms with Crippen LogP contribution in [0.25, 0.3) is 11.4 Å². The fourth-order valence-corrected chi connectivity index (χ4v) is 4.30. The van der Waals surface area contributed by atoms with E-state index in [0.717, 1.165) is 16.3 Å². The second-order valence-electron chi connectivity index (χ2n) is 6.76. The number of imide groups is 1. The molecule has 1 saturated heterocycles. The van der Waals surface area contributed by atoms with Gasteiger partial charge in [0.05, 0.1) is 18.1 Å². The SMILES string of the molecule is O=C1CNC(=O)N1CCCSc1nnc(-c2ccccc2Cl)n1Cc1ccccc1. The van der Waals surface area contributed by atoms with Crippen molar-refractivity contribution < 1.29 is 9.59 Å². The van der Waals surface area contributed by atoms with Crippen molar-refractivity contribution in [3.63, 3.8) is 0 Å². The predicted octanol–water partition coefficient (Wildman–Crippen LogP) is 3.68. The highest BCUT2D eigenvalue weighted by atomic mass is 35.5. The zero-order valence-corrected chi connectivity index (χ0v) is 17.7. The van der Waals surface area contributed by atoms with Crippen LogP contribution in [0.2, 0.25) is 5.02 Å². The monoisotopic (exact) mass is 441 g/mol. The van der Waals surface area contributed by atoms with Gasteiger partial charge in [-0.1, -0.05) is 65.8 Å².